The SMILES string of the molecule is C=CCc1ccc(O)c(-c2ccc(O[Si](C)(C)C(C)(C)C)cc2)c1. The fourth-order valence-electron chi connectivity index (χ4n) is 2.26. The van der Waals surface area contributed by atoms with Crippen molar-refractivity contribution in [2.45, 2.75) is 45.3 Å². The van der Waals surface area contributed by atoms with Crippen LogP contribution in [0.2, 0.25) is 18.1 Å². The molecule has 0 bridgehead atoms. The zero-order valence-corrected chi connectivity index (χ0v) is 16.4. The van der Waals surface area contributed by atoms with Gasteiger partial charge in [0.15, 0.2) is 0 Å². The van der Waals surface area contributed by atoms with Crippen LogP contribution in [0, 0.1) is 0 Å². The minimum absolute atomic E-state index is 0.170. The van der Waals surface area contributed by atoms with Crippen LogP contribution in [0.25, 0.3) is 11.1 Å². The summed E-state index contributed by atoms with van der Waals surface area (Å²) in [5.74, 6) is 1.19. The van der Waals surface area contributed by atoms with Crippen LogP contribution in [0.4, 0.5) is 0 Å². The Morgan fingerprint density at radius 1 is 1.08 bits per heavy atom. The second kappa shape index (κ2) is 6.86. The molecule has 0 aliphatic heterocycles. The molecule has 2 rings (SSSR count). The Labute approximate surface area is 146 Å². The summed E-state index contributed by atoms with van der Waals surface area (Å²) < 4.78 is 6.31. The van der Waals surface area contributed by atoms with E-state index in [9.17, 15) is 5.11 Å². The average molecular weight is 341 g/mol. The van der Waals surface area contributed by atoms with Gasteiger partial charge in [-0.2, -0.15) is 0 Å². The zero-order chi connectivity index (χ0) is 18.0. The van der Waals surface area contributed by atoms with Crippen LogP contribution in [0.5, 0.6) is 11.5 Å². The van der Waals surface area contributed by atoms with Gasteiger partial charge >= 0.3 is 0 Å². The quantitative estimate of drug-likeness (QED) is 0.521. The van der Waals surface area contributed by atoms with E-state index >= 15 is 0 Å². The first-order chi connectivity index (χ1) is 11.1. The molecule has 2 nitrogen and oxygen atoms in total. The van der Waals surface area contributed by atoms with Crippen LogP contribution in [-0.2, 0) is 6.42 Å². The Balaban J connectivity index is 2.27. The molecule has 0 amide bonds. The van der Waals surface area contributed by atoms with E-state index in [1.165, 1.54) is 0 Å². The Bertz CT molecular complexity index is 710. The van der Waals surface area contributed by atoms with Crippen molar-refractivity contribution in [3.8, 4) is 22.6 Å². The van der Waals surface area contributed by atoms with Gasteiger partial charge in [0.25, 0.3) is 0 Å². The maximum Gasteiger partial charge on any atom is 0.250 e. The molecule has 0 aliphatic rings. The van der Waals surface area contributed by atoms with Gasteiger partial charge in [0.1, 0.15) is 11.5 Å². The summed E-state index contributed by atoms with van der Waals surface area (Å²) in [6.45, 7) is 15.0. The number of allylic oxidation sites excluding steroid dienone is 1. The first-order valence-corrected chi connectivity index (χ1v) is 11.3. The minimum Gasteiger partial charge on any atom is -0.544 e. The van der Waals surface area contributed by atoms with Crippen molar-refractivity contribution >= 4 is 8.32 Å². The number of phenols is 1. The standard InChI is InChI=1S/C21H28O2Si/c1-7-8-16-9-14-20(22)19(15-16)17-10-12-18(13-11-17)23-24(5,6)21(2,3)4/h7,9-15,22H,1,8H2,2-6H3. The molecule has 0 atom stereocenters. The normalized spacial score (nSPS) is 12.0. The summed E-state index contributed by atoms with van der Waals surface area (Å²) in [5, 5.41) is 10.3. The van der Waals surface area contributed by atoms with Crippen LogP contribution in [-0.4, -0.2) is 13.4 Å². The lowest BCUT2D eigenvalue weighted by atomic mass is 10.0. The van der Waals surface area contributed by atoms with Crippen molar-refractivity contribution in [1.82, 2.24) is 0 Å². The van der Waals surface area contributed by atoms with Gasteiger partial charge in [0, 0.05) is 5.56 Å². The van der Waals surface area contributed by atoms with E-state index in [1.807, 2.05) is 42.5 Å². The van der Waals surface area contributed by atoms with Crippen molar-refractivity contribution in [1.29, 1.82) is 0 Å². The number of benzene rings is 2. The Morgan fingerprint density at radius 2 is 1.71 bits per heavy atom. The van der Waals surface area contributed by atoms with E-state index in [-0.39, 0.29) is 5.04 Å². The maximum absolute atomic E-state index is 10.2. The highest BCUT2D eigenvalue weighted by Crippen LogP contribution is 2.38. The van der Waals surface area contributed by atoms with E-state index in [4.69, 9.17) is 4.43 Å². The molecule has 0 unspecified atom stereocenters. The summed E-state index contributed by atoms with van der Waals surface area (Å²) in [6.07, 6.45) is 2.66. The van der Waals surface area contributed by atoms with Crippen molar-refractivity contribution in [2.75, 3.05) is 0 Å². The summed E-state index contributed by atoms with van der Waals surface area (Å²) in [5.41, 5.74) is 2.97. The van der Waals surface area contributed by atoms with E-state index in [2.05, 4.69) is 40.4 Å². The van der Waals surface area contributed by atoms with E-state index in [0.29, 0.717) is 5.75 Å². The molecular formula is C21H28O2Si. The Kier molecular flexibility index (Phi) is 5.24. The van der Waals surface area contributed by atoms with Crippen molar-refractivity contribution < 1.29 is 9.53 Å². The molecule has 3 heteroatoms. The summed E-state index contributed by atoms with van der Waals surface area (Å²) in [7, 11) is -1.83. The molecule has 2 aromatic rings. The molecule has 128 valence electrons. The molecule has 2 aromatic carbocycles. The molecule has 0 aliphatic carbocycles. The number of hydrogen-bond donors (Lipinski definition) is 1. The van der Waals surface area contributed by atoms with Gasteiger partial charge in [0.2, 0.25) is 8.32 Å². The van der Waals surface area contributed by atoms with Crippen molar-refractivity contribution in [3.63, 3.8) is 0 Å². The van der Waals surface area contributed by atoms with Crippen molar-refractivity contribution in [2.24, 2.45) is 0 Å². The fourth-order valence-corrected chi connectivity index (χ4v) is 3.29. The fraction of sp³-hybridized carbons (Fsp3) is 0.333. The Hall–Kier alpha value is -2.00. The largest absolute Gasteiger partial charge is 0.544 e. The minimum atomic E-state index is -1.83. The molecule has 0 saturated carbocycles. The molecule has 24 heavy (non-hydrogen) atoms. The Morgan fingerprint density at radius 3 is 2.25 bits per heavy atom. The maximum atomic E-state index is 10.2. The highest BCUT2D eigenvalue weighted by atomic mass is 28.4. The van der Waals surface area contributed by atoms with Gasteiger partial charge in [-0.15, -0.1) is 6.58 Å². The summed E-state index contributed by atoms with van der Waals surface area (Å²) >= 11 is 0. The molecule has 1 N–H and O–H groups in total. The number of hydrogen-bond acceptors (Lipinski definition) is 2. The lowest BCUT2D eigenvalue weighted by molar-refractivity contribution is 0.477. The lowest BCUT2D eigenvalue weighted by Crippen LogP contribution is -2.43. The van der Waals surface area contributed by atoms with Gasteiger partial charge in [0.05, 0.1) is 0 Å². The first kappa shape index (κ1) is 18.3. The summed E-state index contributed by atoms with van der Waals surface area (Å²) in [4.78, 5) is 0. The second-order valence-electron chi connectivity index (χ2n) is 7.73. The third kappa shape index (κ3) is 4.09. The predicted molar refractivity (Wildman–Crippen MR) is 105 cm³/mol. The number of aromatic hydroxyl groups is 1. The molecule has 0 saturated heterocycles. The molecule has 0 radical (unpaired) electrons. The number of rotatable bonds is 5. The predicted octanol–water partition coefficient (Wildman–Crippen LogP) is 6.17. The molecule has 0 heterocycles. The summed E-state index contributed by atoms with van der Waals surface area (Å²) in [6, 6.07) is 13.7. The van der Waals surface area contributed by atoms with Crippen molar-refractivity contribution in [3.05, 3.63) is 60.7 Å². The van der Waals surface area contributed by atoms with Crippen LogP contribution < -0.4 is 4.43 Å². The number of phenolic OH excluding ortho intramolecular Hbond substituents is 1. The van der Waals surface area contributed by atoms with Gasteiger partial charge in [-0.3, -0.25) is 0 Å². The van der Waals surface area contributed by atoms with Crippen LogP contribution in [0.1, 0.15) is 26.3 Å². The third-order valence-electron chi connectivity index (χ3n) is 4.79. The van der Waals surface area contributed by atoms with E-state index in [1.54, 1.807) is 6.07 Å². The van der Waals surface area contributed by atoms with Gasteiger partial charge in [-0.25, -0.2) is 0 Å². The van der Waals surface area contributed by atoms with Gasteiger partial charge in [-0.05, 0) is 59.9 Å². The smallest absolute Gasteiger partial charge is 0.250 e. The molecule has 0 aromatic heterocycles. The first-order valence-electron chi connectivity index (χ1n) is 8.36. The second-order valence-corrected chi connectivity index (χ2v) is 12.5. The van der Waals surface area contributed by atoms with Gasteiger partial charge in [-0.1, -0.05) is 45.0 Å². The lowest BCUT2D eigenvalue weighted by Gasteiger charge is -2.36. The third-order valence-corrected chi connectivity index (χ3v) is 9.14. The highest BCUT2D eigenvalue weighted by molar-refractivity contribution is 6.74. The van der Waals surface area contributed by atoms with Gasteiger partial charge < -0.3 is 9.53 Å². The highest BCUT2D eigenvalue weighted by Gasteiger charge is 2.38. The molecule has 0 fully saturated rings. The monoisotopic (exact) mass is 340 g/mol. The van der Waals surface area contributed by atoms with E-state index < -0.39 is 8.32 Å². The molecular weight excluding hydrogens is 312 g/mol. The average Bonchev–Trinajstić information content (AvgIpc) is 2.49. The zero-order valence-electron chi connectivity index (χ0n) is 15.4. The topological polar surface area (TPSA) is 29.5 Å². The van der Waals surface area contributed by atoms with E-state index in [0.717, 1.165) is 28.9 Å². The molecule has 0 spiro atoms. The van der Waals surface area contributed by atoms with Crippen LogP contribution in [0.3, 0.4) is 0 Å². The van der Waals surface area contributed by atoms with Crippen LogP contribution in [0.15, 0.2) is 55.1 Å². The van der Waals surface area contributed by atoms with Crippen LogP contribution >= 0.6 is 0 Å².